The first kappa shape index (κ1) is 94.1. The van der Waals surface area contributed by atoms with Gasteiger partial charge < -0.3 is 33.8 Å². The number of phosphoric ester groups is 2. The number of hydrogen-bond donors (Lipinski definition) is 3. The van der Waals surface area contributed by atoms with E-state index in [0.29, 0.717) is 25.7 Å². The number of rotatable bonds is 75. The van der Waals surface area contributed by atoms with E-state index >= 15 is 0 Å². The molecule has 19 heteroatoms. The van der Waals surface area contributed by atoms with E-state index < -0.39 is 97.5 Å². The number of ether oxygens (including phenoxy) is 4. The molecule has 0 aromatic rings. The Bertz CT molecular complexity index is 1880. The van der Waals surface area contributed by atoms with Crippen LogP contribution in [0.2, 0.25) is 0 Å². The van der Waals surface area contributed by atoms with Gasteiger partial charge in [0.25, 0.3) is 0 Å². The Morgan fingerprint density at radius 1 is 0.292 bits per heavy atom. The lowest BCUT2D eigenvalue weighted by molar-refractivity contribution is -0.161. The minimum Gasteiger partial charge on any atom is -0.462 e. The number of carbonyl (C=O) groups excluding carboxylic acids is 4. The molecule has 0 spiro atoms. The molecule has 570 valence electrons. The van der Waals surface area contributed by atoms with Crippen molar-refractivity contribution >= 4 is 39.5 Å². The SMILES string of the molecule is CCCCCCCCCCCCC(=O)OC[C@H](COP(=O)(O)OC[C@H](O)COP(=O)(O)OC[C@@H](COC(=O)CCCCCCCCCCCCC(C)CC)OC(=O)CCCCCCCCCCCCCCCCC(C)CC)OC(=O)CCCCCCCCCCCCC(C)CC. The zero-order valence-corrected chi connectivity index (χ0v) is 64.6. The van der Waals surface area contributed by atoms with Gasteiger partial charge in [-0.05, 0) is 43.4 Å². The number of hydrogen-bond acceptors (Lipinski definition) is 15. The van der Waals surface area contributed by atoms with Crippen LogP contribution in [-0.4, -0.2) is 96.7 Å². The summed E-state index contributed by atoms with van der Waals surface area (Å²) < 4.78 is 68.6. The van der Waals surface area contributed by atoms with E-state index in [2.05, 4.69) is 48.5 Å². The van der Waals surface area contributed by atoms with Crippen LogP contribution in [0.15, 0.2) is 0 Å². The number of esters is 4. The standard InChI is InChI=1S/C77H150O17P2/c1-8-12-13-14-15-16-30-37-44-51-58-74(79)87-64-72(94-77(82)61-54-47-40-33-26-24-29-36-43-50-57-70(7)11-4)66-91-95(83,84)89-62-71(78)63-90-96(85,86)92-67-73(65-88-75(80)59-52-45-38-31-25-23-28-35-42-49-56-69(6)10-3)93-76(81)60-53-46-39-32-22-20-18-17-19-21-27-34-41-48-55-68(5)9-2/h68-73,78H,8-67H2,1-7H3,(H,83,84)(H,85,86)/t68?,69?,70?,71-,72+,73+/m0/s1. The van der Waals surface area contributed by atoms with Gasteiger partial charge in [0.15, 0.2) is 12.2 Å². The van der Waals surface area contributed by atoms with Crippen molar-refractivity contribution in [3.05, 3.63) is 0 Å². The van der Waals surface area contributed by atoms with Crippen LogP contribution in [0.3, 0.4) is 0 Å². The lowest BCUT2D eigenvalue weighted by atomic mass is 9.99. The van der Waals surface area contributed by atoms with Crippen LogP contribution in [0.5, 0.6) is 0 Å². The van der Waals surface area contributed by atoms with Gasteiger partial charge in [0.1, 0.15) is 19.3 Å². The fourth-order valence-electron chi connectivity index (χ4n) is 11.7. The molecule has 3 N–H and O–H groups in total. The smallest absolute Gasteiger partial charge is 0.462 e. The molecule has 0 aliphatic rings. The van der Waals surface area contributed by atoms with E-state index in [0.717, 1.165) is 108 Å². The minimum absolute atomic E-state index is 0.106. The number of unbranched alkanes of at least 4 members (excludes halogenated alkanes) is 40. The Morgan fingerprint density at radius 2 is 0.500 bits per heavy atom. The van der Waals surface area contributed by atoms with E-state index in [1.165, 1.54) is 205 Å². The van der Waals surface area contributed by atoms with Crippen LogP contribution < -0.4 is 0 Å². The van der Waals surface area contributed by atoms with Gasteiger partial charge in [-0.2, -0.15) is 0 Å². The fraction of sp³-hybridized carbons (Fsp3) is 0.948. The third-order valence-electron chi connectivity index (χ3n) is 19.0. The van der Waals surface area contributed by atoms with Crippen molar-refractivity contribution < 1.29 is 80.2 Å². The van der Waals surface area contributed by atoms with Crippen molar-refractivity contribution in [2.24, 2.45) is 17.8 Å². The van der Waals surface area contributed by atoms with E-state index in [1.807, 2.05) is 0 Å². The molecule has 0 radical (unpaired) electrons. The molecule has 96 heavy (non-hydrogen) atoms. The van der Waals surface area contributed by atoms with Crippen molar-refractivity contribution in [3.8, 4) is 0 Å². The summed E-state index contributed by atoms with van der Waals surface area (Å²) in [5, 5.41) is 10.6. The quantitative estimate of drug-likeness (QED) is 0.0222. The molecule has 0 fully saturated rings. The van der Waals surface area contributed by atoms with Gasteiger partial charge in [-0.3, -0.25) is 37.3 Å². The van der Waals surface area contributed by atoms with Crippen molar-refractivity contribution in [1.29, 1.82) is 0 Å². The zero-order valence-electron chi connectivity index (χ0n) is 62.8. The minimum atomic E-state index is -4.96. The van der Waals surface area contributed by atoms with E-state index in [4.69, 9.17) is 37.0 Å². The molecule has 0 saturated heterocycles. The summed E-state index contributed by atoms with van der Waals surface area (Å²) in [5.74, 6) is 0.343. The van der Waals surface area contributed by atoms with Gasteiger partial charge in [0.2, 0.25) is 0 Å². The highest BCUT2D eigenvalue weighted by Gasteiger charge is 2.30. The molecule has 0 aromatic heterocycles. The molecule has 0 aromatic carbocycles. The Labute approximate surface area is 588 Å². The topological polar surface area (TPSA) is 237 Å². The molecule has 0 amide bonds. The number of aliphatic hydroxyl groups excluding tert-OH is 1. The Kier molecular flexibility index (Phi) is 66.2. The molecule has 0 rings (SSSR count). The second kappa shape index (κ2) is 67.5. The van der Waals surface area contributed by atoms with E-state index in [1.54, 1.807) is 0 Å². The summed E-state index contributed by atoms with van der Waals surface area (Å²) in [5.41, 5.74) is 0. The molecular weight excluding hydrogens is 1260 g/mol. The molecule has 8 atom stereocenters. The first-order valence-electron chi connectivity index (χ1n) is 40.0. The van der Waals surface area contributed by atoms with Gasteiger partial charge in [-0.1, -0.05) is 344 Å². The van der Waals surface area contributed by atoms with Crippen molar-refractivity contribution in [3.63, 3.8) is 0 Å². The molecular formula is C77H150O17P2. The highest BCUT2D eigenvalue weighted by atomic mass is 31.2. The second-order valence-corrected chi connectivity index (χ2v) is 31.4. The predicted molar refractivity (Wildman–Crippen MR) is 391 cm³/mol. The summed E-state index contributed by atoms with van der Waals surface area (Å²) in [6.45, 7) is 12.0. The van der Waals surface area contributed by atoms with Crippen LogP contribution in [-0.2, 0) is 65.4 Å². The Hall–Kier alpha value is -1.94. The maximum atomic E-state index is 13.1. The van der Waals surface area contributed by atoms with Crippen LogP contribution in [0.4, 0.5) is 0 Å². The van der Waals surface area contributed by atoms with Gasteiger partial charge in [0.05, 0.1) is 26.4 Å². The predicted octanol–water partition coefficient (Wildman–Crippen LogP) is 22.6. The molecule has 0 aliphatic carbocycles. The molecule has 0 bridgehead atoms. The lowest BCUT2D eigenvalue weighted by Crippen LogP contribution is -2.30. The monoisotopic (exact) mass is 1410 g/mol. The van der Waals surface area contributed by atoms with Crippen LogP contribution in [0.25, 0.3) is 0 Å². The van der Waals surface area contributed by atoms with Crippen molar-refractivity contribution in [1.82, 2.24) is 0 Å². The fourth-order valence-corrected chi connectivity index (χ4v) is 13.3. The molecule has 5 unspecified atom stereocenters. The largest absolute Gasteiger partial charge is 0.472 e. The summed E-state index contributed by atoms with van der Waals surface area (Å²) >= 11 is 0. The zero-order chi connectivity index (χ0) is 70.9. The average Bonchev–Trinajstić information content (AvgIpc) is 1.15. The Morgan fingerprint density at radius 3 is 0.740 bits per heavy atom. The van der Waals surface area contributed by atoms with E-state index in [-0.39, 0.29) is 25.7 Å². The summed E-state index contributed by atoms with van der Waals surface area (Å²) in [7, 11) is -9.91. The molecule has 0 heterocycles. The average molecular weight is 1410 g/mol. The lowest BCUT2D eigenvalue weighted by Gasteiger charge is -2.21. The third-order valence-corrected chi connectivity index (χ3v) is 20.9. The van der Waals surface area contributed by atoms with Crippen LogP contribution in [0, 0.1) is 17.8 Å². The Balaban J connectivity index is 5.26. The molecule has 0 saturated carbocycles. The third kappa shape index (κ3) is 66.6. The van der Waals surface area contributed by atoms with Gasteiger partial charge in [0, 0.05) is 25.7 Å². The van der Waals surface area contributed by atoms with Gasteiger partial charge in [-0.25, -0.2) is 9.13 Å². The maximum Gasteiger partial charge on any atom is 0.472 e. The molecule has 17 nitrogen and oxygen atoms in total. The van der Waals surface area contributed by atoms with E-state index in [9.17, 15) is 43.2 Å². The number of phosphoric acid groups is 2. The summed E-state index contributed by atoms with van der Waals surface area (Å²) in [6, 6.07) is 0. The first-order valence-corrected chi connectivity index (χ1v) is 43.0. The summed E-state index contributed by atoms with van der Waals surface area (Å²) in [6.07, 6.45) is 53.8. The van der Waals surface area contributed by atoms with Gasteiger partial charge in [-0.15, -0.1) is 0 Å². The number of aliphatic hydroxyl groups is 1. The maximum absolute atomic E-state index is 13.1. The normalized spacial score (nSPS) is 14.9. The van der Waals surface area contributed by atoms with Crippen molar-refractivity contribution in [2.45, 2.75) is 414 Å². The molecule has 0 aliphatic heterocycles. The van der Waals surface area contributed by atoms with Gasteiger partial charge >= 0.3 is 39.5 Å². The second-order valence-electron chi connectivity index (χ2n) is 28.5. The summed E-state index contributed by atoms with van der Waals surface area (Å²) in [4.78, 5) is 72.9. The highest BCUT2D eigenvalue weighted by molar-refractivity contribution is 7.47. The van der Waals surface area contributed by atoms with Crippen LogP contribution in [0.1, 0.15) is 395 Å². The first-order chi connectivity index (χ1) is 46.3. The van der Waals surface area contributed by atoms with Crippen molar-refractivity contribution in [2.75, 3.05) is 39.6 Å². The number of carbonyl (C=O) groups is 4. The van der Waals surface area contributed by atoms with Crippen LogP contribution >= 0.6 is 15.6 Å². The highest BCUT2D eigenvalue weighted by Crippen LogP contribution is 2.45.